The van der Waals surface area contributed by atoms with E-state index in [1.54, 1.807) is 18.3 Å². The summed E-state index contributed by atoms with van der Waals surface area (Å²) in [5.41, 5.74) is 1.34. The van der Waals surface area contributed by atoms with Gasteiger partial charge in [0.2, 0.25) is 0 Å². The molecule has 1 aromatic heterocycles. The van der Waals surface area contributed by atoms with Gasteiger partial charge in [-0.15, -0.1) is 0 Å². The van der Waals surface area contributed by atoms with E-state index < -0.39 is 17.1 Å². The first kappa shape index (κ1) is 16.8. The van der Waals surface area contributed by atoms with Crippen LogP contribution in [0.3, 0.4) is 0 Å². The number of rotatable bonds is 5. The second-order valence-electron chi connectivity index (χ2n) is 5.74. The highest BCUT2D eigenvalue weighted by Gasteiger charge is 2.27. The van der Waals surface area contributed by atoms with E-state index in [1.165, 1.54) is 24.4 Å². The number of hydrogen-bond donors (Lipinski definition) is 2. The standard InChI is InChI=1S/C17H17N3O5/c21-14(12-2-1-7-18-9-12)10-19-17(22)16-5-3-11-8-13(20(23)24)4-6-15(11)25-16/h1-2,4,6-9,14,16,21H,3,5,10H2,(H,19,22)/t14-,16-/m1/s1. The number of fused-ring (bicyclic) bond motifs is 1. The number of non-ortho nitro benzene ring substituents is 1. The highest BCUT2D eigenvalue weighted by atomic mass is 16.6. The van der Waals surface area contributed by atoms with Crippen LogP contribution in [0.1, 0.15) is 23.7 Å². The van der Waals surface area contributed by atoms with Crippen LogP contribution in [0.25, 0.3) is 0 Å². The van der Waals surface area contributed by atoms with E-state index in [0.717, 1.165) is 0 Å². The third-order valence-corrected chi connectivity index (χ3v) is 4.03. The van der Waals surface area contributed by atoms with Crippen molar-refractivity contribution in [3.8, 4) is 5.75 Å². The van der Waals surface area contributed by atoms with E-state index >= 15 is 0 Å². The van der Waals surface area contributed by atoms with Crippen molar-refractivity contribution in [2.24, 2.45) is 0 Å². The van der Waals surface area contributed by atoms with Crippen molar-refractivity contribution in [2.45, 2.75) is 25.0 Å². The first-order chi connectivity index (χ1) is 12.0. The number of nitrogens with zero attached hydrogens (tertiary/aromatic N) is 2. The molecule has 8 heteroatoms. The van der Waals surface area contributed by atoms with Gasteiger partial charge in [0.05, 0.1) is 11.0 Å². The van der Waals surface area contributed by atoms with Crippen LogP contribution in [-0.4, -0.2) is 33.6 Å². The van der Waals surface area contributed by atoms with Crippen LogP contribution in [-0.2, 0) is 11.2 Å². The van der Waals surface area contributed by atoms with Crippen molar-refractivity contribution in [2.75, 3.05) is 6.54 Å². The number of nitro benzene ring substituents is 1. The van der Waals surface area contributed by atoms with Gasteiger partial charge in [-0.05, 0) is 25.0 Å². The minimum absolute atomic E-state index is 0.00449. The number of benzene rings is 1. The Morgan fingerprint density at radius 1 is 1.48 bits per heavy atom. The summed E-state index contributed by atoms with van der Waals surface area (Å²) in [7, 11) is 0. The molecule has 3 rings (SSSR count). The van der Waals surface area contributed by atoms with Gasteiger partial charge in [0, 0.05) is 42.2 Å². The number of nitrogens with one attached hydrogen (secondary N) is 1. The van der Waals surface area contributed by atoms with Gasteiger partial charge in [0.1, 0.15) is 5.75 Å². The molecule has 0 spiro atoms. The first-order valence-corrected chi connectivity index (χ1v) is 7.84. The van der Waals surface area contributed by atoms with Crippen molar-refractivity contribution >= 4 is 11.6 Å². The molecule has 0 aliphatic carbocycles. The average molecular weight is 343 g/mol. The molecule has 8 nitrogen and oxygen atoms in total. The summed E-state index contributed by atoms with van der Waals surface area (Å²) in [6.07, 6.45) is 2.54. The molecule has 1 amide bonds. The minimum atomic E-state index is -0.851. The number of aliphatic hydroxyl groups excluding tert-OH is 1. The number of amides is 1. The summed E-state index contributed by atoms with van der Waals surface area (Å²) in [5.74, 6) is 0.150. The predicted molar refractivity (Wildman–Crippen MR) is 88.0 cm³/mol. The van der Waals surface area contributed by atoms with Gasteiger partial charge >= 0.3 is 0 Å². The largest absolute Gasteiger partial charge is 0.480 e. The lowest BCUT2D eigenvalue weighted by atomic mass is 10.0. The lowest BCUT2D eigenvalue weighted by Gasteiger charge is -2.25. The molecule has 25 heavy (non-hydrogen) atoms. The molecule has 0 bridgehead atoms. The molecule has 1 aromatic carbocycles. The molecule has 1 aliphatic rings. The molecule has 0 saturated heterocycles. The van der Waals surface area contributed by atoms with Crippen LogP contribution in [0.5, 0.6) is 5.75 Å². The number of carbonyl (C=O) groups is 1. The van der Waals surface area contributed by atoms with E-state index in [-0.39, 0.29) is 18.1 Å². The Morgan fingerprint density at radius 3 is 3.04 bits per heavy atom. The van der Waals surface area contributed by atoms with Crippen LogP contribution in [0.15, 0.2) is 42.7 Å². The summed E-state index contributed by atoms with van der Waals surface area (Å²) in [4.78, 5) is 26.5. The molecule has 2 N–H and O–H groups in total. The Bertz CT molecular complexity index is 781. The van der Waals surface area contributed by atoms with Gasteiger partial charge in [-0.3, -0.25) is 19.9 Å². The van der Waals surface area contributed by atoms with Gasteiger partial charge in [-0.25, -0.2) is 0 Å². The number of nitro groups is 1. The number of aliphatic hydroxyl groups is 1. The monoisotopic (exact) mass is 343 g/mol. The summed E-state index contributed by atoms with van der Waals surface area (Å²) in [5, 5.41) is 23.5. The second kappa shape index (κ2) is 7.27. The minimum Gasteiger partial charge on any atom is -0.480 e. The van der Waals surface area contributed by atoms with E-state index in [1.807, 2.05) is 0 Å². The van der Waals surface area contributed by atoms with Crippen molar-refractivity contribution in [1.82, 2.24) is 10.3 Å². The molecule has 0 unspecified atom stereocenters. The molecule has 0 saturated carbocycles. The summed E-state index contributed by atoms with van der Waals surface area (Å²) < 4.78 is 5.64. The molecule has 2 heterocycles. The van der Waals surface area contributed by atoms with Crippen LogP contribution in [0, 0.1) is 10.1 Å². The predicted octanol–water partition coefficient (Wildman–Crippen LogP) is 1.53. The van der Waals surface area contributed by atoms with E-state index in [4.69, 9.17) is 4.74 Å². The number of carbonyl (C=O) groups excluding carboxylic acids is 1. The topological polar surface area (TPSA) is 115 Å². The fourth-order valence-electron chi connectivity index (χ4n) is 2.68. The number of hydrogen-bond acceptors (Lipinski definition) is 6. The van der Waals surface area contributed by atoms with Crippen molar-refractivity contribution in [3.63, 3.8) is 0 Å². The zero-order valence-electron chi connectivity index (χ0n) is 13.3. The Kier molecular flexibility index (Phi) is 4.90. The van der Waals surface area contributed by atoms with E-state index in [0.29, 0.717) is 29.7 Å². The fraction of sp³-hybridized carbons (Fsp3) is 0.294. The maximum atomic E-state index is 12.2. The van der Waals surface area contributed by atoms with Crippen LogP contribution in [0.4, 0.5) is 5.69 Å². The second-order valence-corrected chi connectivity index (χ2v) is 5.74. The van der Waals surface area contributed by atoms with Gasteiger partial charge < -0.3 is 15.2 Å². The third-order valence-electron chi connectivity index (χ3n) is 4.03. The quantitative estimate of drug-likeness (QED) is 0.628. The molecule has 130 valence electrons. The average Bonchev–Trinajstić information content (AvgIpc) is 2.65. The van der Waals surface area contributed by atoms with Crippen molar-refractivity contribution in [1.29, 1.82) is 0 Å². The molecule has 2 aromatic rings. The Labute approximate surface area is 143 Å². The lowest BCUT2D eigenvalue weighted by molar-refractivity contribution is -0.385. The van der Waals surface area contributed by atoms with Crippen LogP contribution >= 0.6 is 0 Å². The van der Waals surface area contributed by atoms with Gasteiger partial charge in [-0.1, -0.05) is 6.07 Å². The van der Waals surface area contributed by atoms with Crippen LogP contribution in [0.2, 0.25) is 0 Å². The van der Waals surface area contributed by atoms with Gasteiger partial charge in [0.25, 0.3) is 11.6 Å². The highest BCUT2D eigenvalue weighted by Crippen LogP contribution is 2.30. The maximum Gasteiger partial charge on any atom is 0.269 e. The zero-order valence-corrected chi connectivity index (χ0v) is 13.3. The Morgan fingerprint density at radius 2 is 2.32 bits per heavy atom. The van der Waals surface area contributed by atoms with E-state index in [9.17, 15) is 20.0 Å². The summed E-state index contributed by atoms with van der Waals surface area (Å²) in [6, 6.07) is 7.77. The highest BCUT2D eigenvalue weighted by molar-refractivity contribution is 5.81. The first-order valence-electron chi connectivity index (χ1n) is 7.84. The van der Waals surface area contributed by atoms with E-state index in [2.05, 4.69) is 10.3 Å². The smallest absolute Gasteiger partial charge is 0.269 e. The van der Waals surface area contributed by atoms with Gasteiger partial charge in [-0.2, -0.15) is 0 Å². The van der Waals surface area contributed by atoms with Crippen molar-refractivity contribution < 1.29 is 19.6 Å². The number of pyridine rings is 1. The normalized spacial score (nSPS) is 17.1. The molecule has 0 radical (unpaired) electrons. The molecule has 0 fully saturated rings. The maximum absolute atomic E-state index is 12.2. The number of ether oxygens (including phenoxy) is 1. The molecule has 2 atom stereocenters. The molecular formula is C17H17N3O5. The number of aromatic nitrogens is 1. The third kappa shape index (κ3) is 3.92. The Hall–Kier alpha value is -3.00. The summed E-state index contributed by atoms with van der Waals surface area (Å²) in [6.45, 7) is 0.0531. The number of aryl methyl sites for hydroxylation is 1. The lowest BCUT2D eigenvalue weighted by Crippen LogP contribution is -2.41. The SMILES string of the molecule is O=C(NC[C@@H](O)c1cccnc1)[C@H]1CCc2cc([N+](=O)[O-])ccc2O1. The van der Waals surface area contributed by atoms with Gasteiger partial charge in [0.15, 0.2) is 6.10 Å². The molecule has 1 aliphatic heterocycles. The zero-order chi connectivity index (χ0) is 17.8. The molecular weight excluding hydrogens is 326 g/mol. The summed E-state index contributed by atoms with van der Waals surface area (Å²) >= 11 is 0. The Balaban J connectivity index is 1.58. The van der Waals surface area contributed by atoms with Crippen LogP contribution < -0.4 is 10.1 Å². The van der Waals surface area contributed by atoms with Crippen molar-refractivity contribution in [3.05, 3.63) is 64.0 Å². The fourth-order valence-corrected chi connectivity index (χ4v) is 2.68.